The fourth-order valence-corrected chi connectivity index (χ4v) is 10.2. The van der Waals surface area contributed by atoms with Crippen LogP contribution in [-0.2, 0) is 33.2 Å². The van der Waals surface area contributed by atoms with E-state index in [0.29, 0.717) is 25.3 Å². The number of benzene rings is 1. The molecule has 1 aromatic carbocycles. The van der Waals surface area contributed by atoms with Gasteiger partial charge in [-0.25, -0.2) is 4.39 Å². The maximum absolute atomic E-state index is 14.8. The summed E-state index contributed by atoms with van der Waals surface area (Å²) in [6.45, 7) is 20.8. The summed E-state index contributed by atoms with van der Waals surface area (Å²) in [4.78, 5) is 16.6. The number of esters is 1. The lowest BCUT2D eigenvalue weighted by Gasteiger charge is -2.53. The maximum atomic E-state index is 14.8. The second kappa shape index (κ2) is 22.9. The number of hydrogen-bond donors (Lipinski definition) is 6. The number of nitrogens with zero attached hydrogens (tertiary/aromatic N) is 1. The Morgan fingerprint density at radius 2 is 1.63 bits per heavy atom. The monoisotopic (exact) mass is 930 g/mol. The molecule has 3 aliphatic rings. The van der Waals surface area contributed by atoms with Crippen molar-refractivity contribution in [2.75, 3.05) is 47.9 Å². The van der Waals surface area contributed by atoms with Crippen LogP contribution in [0, 0.1) is 23.6 Å². The summed E-state index contributed by atoms with van der Waals surface area (Å²) in [5.74, 6) is -2.96. The summed E-state index contributed by atoms with van der Waals surface area (Å²) in [5, 5.41) is 55.0. The lowest BCUT2D eigenvalue weighted by atomic mass is 9.75. The van der Waals surface area contributed by atoms with Crippen molar-refractivity contribution in [1.29, 1.82) is 0 Å². The van der Waals surface area contributed by atoms with Crippen LogP contribution in [0.1, 0.15) is 108 Å². The van der Waals surface area contributed by atoms with Crippen molar-refractivity contribution >= 4 is 5.97 Å². The Labute approximate surface area is 387 Å². The van der Waals surface area contributed by atoms with Crippen molar-refractivity contribution < 1.29 is 67.5 Å². The highest BCUT2D eigenvalue weighted by atomic mass is 19.1. The number of aliphatic hydroxyl groups excluding tert-OH is 1. The zero-order chi connectivity index (χ0) is 48.8. The molecule has 17 heteroatoms. The van der Waals surface area contributed by atoms with Crippen LogP contribution in [0.25, 0.3) is 0 Å². The number of cyclic esters (lactones) is 1. The third-order valence-electron chi connectivity index (χ3n) is 14.4. The van der Waals surface area contributed by atoms with Crippen LogP contribution in [0.15, 0.2) is 18.2 Å². The lowest BCUT2D eigenvalue weighted by molar-refractivity contribution is -0.335. The van der Waals surface area contributed by atoms with Gasteiger partial charge in [-0.1, -0.05) is 27.7 Å². The molecule has 16 nitrogen and oxygen atoms in total. The topological polar surface area (TPSA) is 199 Å². The minimum Gasteiger partial charge on any atom is -0.493 e. The third kappa shape index (κ3) is 12.7. The quantitative estimate of drug-likeness (QED) is 0.115. The van der Waals surface area contributed by atoms with Gasteiger partial charge in [-0.05, 0) is 119 Å². The number of carbonyl (C=O) groups excluding carboxylic acids is 1. The van der Waals surface area contributed by atoms with Crippen LogP contribution >= 0.6 is 0 Å². The van der Waals surface area contributed by atoms with E-state index < -0.39 is 101 Å². The van der Waals surface area contributed by atoms with Crippen LogP contribution < -0.4 is 20.1 Å². The Balaban J connectivity index is 1.88. The minimum absolute atomic E-state index is 0.0588. The van der Waals surface area contributed by atoms with E-state index in [1.165, 1.54) is 39.3 Å². The number of ether oxygens (including phenoxy) is 8. The molecule has 65 heavy (non-hydrogen) atoms. The van der Waals surface area contributed by atoms with Gasteiger partial charge in [0.1, 0.15) is 34.8 Å². The molecule has 0 aromatic heterocycles. The van der Waals surface area contributed by atoms with Crippen molar-refractivity contribution in [3.63, 3.8) is 0 Å². The molecule has 6 N–H and O–H groups in total. The second-order valence-corrected chi connectivity index (χ2v) is 20.1. The van der Waals surface area contributed by atoms with Gasteiger partial charge < -0.3 is 73.9 Å². The van der Waals surface area contributed by atoms with E-state index in [0.717, 1.165) is 6.42 Å². The molecule has 0 saturated carbocycles. The fourth-order valence-electron chi connectivity index (χ4n) is 10.2. The lowest BCUT2D eigenvalue weighted by Crippen LogP contribution is -2.70. The number of likely N-dealkylation sites (N-methyl/N-ethyl adjacent to an activating group) is 1. The first-order valence-corrected chi connectivity index (χ1v) is 23.6. The van der Waals surface area contributed by atoms with E-state index in [4.69, 9.17) is 37.9 Å². The van der Waals surface area contributed by atoms with Crippen LogP contribution in [0.3, 0.4) is 0 Å². The van der Waals surface area contributed by atoms with Gasteiger partial charge in [-0.2, -0.15) is 0 Å². The Morgan fingerprint density at radius 1 is 0.954 bits per heavy atom. The highest BCUT2D eigenvalue weighted by molar-refractivity contribution is 5.73. The van der Waals surface area contributed by atoms with E-state index in [1.807, 2.05) is 46.7 Å². The molecule has 376 valence electrons. The first-order valence-electron chi connectivity index (χ1n) is 23.6. The first-order chi connectivity index (χ1) is 30.3. The maximum Gasteiger partial charge on any atom is 0.311 e. The normalized spacial score (nSPS) is 42.8. The summed E-state index contributed by atoms with van der Waals surface area (Å²) in [7, 11) is 6.81. The molecule has 4 rings (SSSR count). The van der Waals surface area contributed by atoms with Gasteiger partial charge >= 0.3 is 5.97 Å². The first kappa shape index (κ1) is 55.3. The summed E-state index contributed by atoms with van der Waals surface area (Å²) in [6.07, 6.45) is -7.12. The molecule has 0 bridgehead atoms. The SMILES string of the molecule is CCCNC[C@]1(O)[C@H](C)O[C@@H](OC2C(C)C(=O)OC(CC)C(C)(O)C(O)C(C)NCC(C)CC(C)(O)C(O[C@@H]3O[C@H](C)C[C@H](N(C)C)[C@H]3Oc3cc(F)ccc3OC)C2C)C[C@@]1(C)OC. The molecule has 3 aliphatic heterocycles. The summed E-state index contributed by atoms with van der Waals surface area (Å²) in [6, 6.07) is 3.06. The van der Waals surface area contributed by atoms with Crippen LogP contribution in [0.5, 0.6) is 11.5 Å². The zero-order valence-electron chi connectivity index (χ0n) is 41.8. The van der Waals surface area contributed by atoms with Gasteiger partial charge in [0.25, 0.3) is 0 Å². The Bertz CT molecular complexity index is 1660. The van der Waals surface area contributed by atoms with Gasteiger partial charge in [0, 0.05) is 38.1 Å². The standard InChI is InChI=1S/C48H84FN3O13/c1-16-20-50-26-48(57)32(8)61-38(24-46(48,10)59-15)64-39-29(5)42(65-44-40(34(52(12)13)21-28(4)60-44)62-36-22-33(49)18-19-35(36)58-14)45(9,55)23-27(3)25-51-31(7)41(53)47(11,56)37(17-2)63-43(54)30(39)6/h18-19,22,27-32,34,37-42,44,50-51,53,55-57H,16-17,20-21,23-26H2,1-15H3/t27?,28-,29?,30?,31?,32+,34+,37?,38+,39?,40-,41?,42?,44+,45?,46-,47?,48+/m1/s1. The van der Waals surface area contributed by atoms with E-state index in [-0.39, 0.29) is 49.6 Å². The second-order valence-electron chi connectivity index (χ2n) is 20.1. The average Bonchev–Trinajstić information content (AvgIpc) is 3.24. The third-order valence-corrected chi connectivity index (χ3v) is 14.4. The van der Waals surface area contributed by atoms with Crippen molar-refractivity contribution in [3.8, 4) is 11.5 Å². The molecule has 1 aromatic rings. The van der Waals surface area contributed by atoms with Gasteiger partial charge in [0.2, 0.25) is 0 Å². The molecule has 0 aliphatic carbocycles. The number of carbonyl (C=O) groups is 1. The van der Waals surface area contributed by atoms with Crippen molar-refractivity contribution in [2.24, 2.45) is 17.8 Å². The highest BCUT2D eigenvalue weighted by Gasteiger charge is 2.58. The Morgan fingerprint density at radius 3 is 2.23 bits per heavy atom. The Kier molecular flexibility index (Phi) is 19.5. The molecule has 0 amide bonds. The number of hydrogen-bond acceptors (Lipinski definition) is 16. The number of rotatable bonds is 14. The van der Waals surface area contributed by atoms with Gasteiger partial charge in [-0.15, -0.1) is 0 Å². The van der Waals surface area contributed by atoms with Crippen LogP contribution in [0.2, 0.25) is 0 Å². The predicted molar refractivity (Wildman–Crippen MR) is 243 cm³/mol. The van der Waals surface area contributed by atoms with Crippen molar-refractivity contribution in [3.05, 3.63) is 24.0 Å². The van der Waals surface area contributed by atoms with Crippen molar-refractivity contribution in [1.82, 2.24) is 15.5 Å². The summed E-state index contributed by atoms with van der Waals surface area (Å²) < 4.78 is 66.3. The van der Waals surface area contributed by atoms with Crippen LogP contribution in [-0.4, -0.2) is 169 Å². The number of methoxy groups -OCH3 is 2. The molecule has 10 unspecified atom stereocenters. The zero-order valence-corrected chi connectivity index (χ0v) is 41.8. The van der Waals surface area contributed by atoms with E-state index in [9.17, 15) is 29.6 Å². The average molecular weight is 930 g/mol. The molecule has 18 atom stereocenters. The van der Waals surface area contributed by atoms with Gasteiger partial charge in [-0.3, -0.25) is 4.79 Å². The summed E-state index contributed by atoms with van der Waals surface area (Å²) >= 11 is 0. The van der Waals surface area contributed by atoms with Gasteiger partial charge in [0.15, 0.2) is 30.2 Å². The highest BCUT2D eigenvalue weighted by Crippen LogP contribution is 2.44. The van der Waals surface area contributed by atoms with E-state index >= 15 is 0 Å². The molecular formula is C48H84FN3O13. The molecule has 3 fully saturated rings. The molecule has 3 heterocycles. The summed E-state index contributed by atoms with van der Waals surface area (Å²) in [5.41, 5.74) is -6.16. The van der Waals surface area contributed by atoms with E-state index in [2.05, 4.69) is 10.6 Å². The van der Waals surface area contributed by atoms with Crippen LogP contribution in [0.4, 0.5) is 4.39 Å². The van der Waals surface area contributed by atoms with Crippen molar-refractivity contribution in [2.45, 2.75) is 198 Å². The molecule has 0 spiro atoms. The molecule has 0 radical (unpaired) electrons. The number of aliphatic hydroxyl groups is 4. The molecule has 3 saturated heterocycles. The molecular weight excluding hydrogens is 846 g/mol. The minimum atomic E-state index is -1.85. The van der Waals surface area contributed by atoms with Gasteiger partial charge in [0.05, 0.1) is 49.1 Å². The Hall–Kier alpha value is -2.26. The largest absolute Gasteiger partial charge is 0.493 e. The predicted octanol–water partition coefficient (Wildman–Crippen LogP) is 4.16. The fraction of sp³-hybridized carbons (Fsp3) is 0.854. The number of halogens is 1. The smallest absolute Gasteiger partial charge is 0.311 e. The number of nitrogens with one attached hydrogen (secondary N) is 2. The van der Waals surface area contributed by atoms with E-state index in [1.54, 1.807) is 41.5 Å².